The van der Waals surface area contributed by atoms with E-state index < -0.39 is 11.2 Å². The van der Waals surface area contributed by atoms with Gasteiger partial charge in [0, 0.05) is 22.7 Å². The summed E-state index contributed by atoms with van der Waals surface area (Å²) >= 11 is 6.69. The number of benzene rings is 3. The zero-order valence-corrected chi connectivity index (χ0v) is 20.5. The van der Waals surface area contributed by atoms with Gasteiger partial charge in [-0.15, -0.1) is 11.8 Å². The second-order valence-electron chi connectivity index (χ2n) is 7.61. The van der Waals surface area contributed by atoms with E-state index in [9.17, 15) is 14.4 Å². The van der Waals surface area contributed by atoms with Crippen LogP contribution in [0, 0.1) is 0 Å². The zero-order chi connectivity index (χ0) is 24.8. The maximum absolute atomic E-state index is 13.0. The van der Waals surface area contributed by atoms with E-state index in [1.54, 1.807) is 31.2 Å². The van der Waals surface area contributed by atoms with Crippen molar-refractivity contribution < 1.29 is 19.1 Å². The number of hydrogen-bond donors (Lipinski definition) is 2. The number of thioether (sulfide) groups is 1. The number of anilines is 3. The number of nitrogens with one attached hydrogen (secondary N) is 2. The minimum atomic E-state index is -0.521. The number of esters is 1. The number of hydrogen-bond acceptors (Lipinski definition) is 6. The van der Waals surface area contributed by atoms with Crippen molar-refractivity contribution in [2.45, 2.75) is 23.5 Å². The molecule has 1 aliphatic heterocycles. The van der Waals surface area contributed by atoms with Gasteiger partial charge >= 0.3 is 5.97 Å². The Morgan fingerprint density at radius 3 is 2.23 bits per heavy atom. The summed E-state index contributed by atoms with van der Waals surface area (Å²) in [5.41, 5.74) is 2.50. The predicted octanol–water partition coefficient (Wildman–Crippen LogP) is 5.10. The van der Waals surface area contributed by atoms with Crippen molar-refractivity contribution in [3.8, 4) is 0 Å². The Balaban J connectivity index is 1.35. The summed E-state index contributed by atoms with van der Waals surface area (Å²) in [6, 6.07) is 23.4. The van der Waals surface area contributed by atoms with Crippen molar-refractivity contribution >= 4 is 63.9 Å². The topological polar surface area (TPSA) is 87.7 Å². The van der Waals surface area contributed by atoms with Gasteiger partial charge in [-0.1, -0.05) is 18.2 Å². The Bertz CT molecular complexity index is 1230. The van der Waals surface area contributed by atoms with E-state index in [0.29, 0.717) is 16.4 Å². The number of rotatable bonds is 7. The number of carbonyl (C=O) groups excluding carboxylic acids is 3. The van der Waals surface area contributed by atoms with Gasteiger partial charge < -0.3 is 15.4 Å². The van der Waals surface area contributed by atoms with Crippen molar-refractivity contribution in [1.82, 2.24) is 0 Å². The third-order valence-electron chi connectivity index (χ3n) is 5.16. The molecule has 3 aromatic rings. The number of ether oxygens (including phenoxy) is 1. The van der Waals surface area contributed by atoms with E-state index in [1.807, 2.05) is 54.6 Å². The van der Waals surface area contributed by atoms with Gasteiger partial charge in [-0.3, -0.25) is 9.59 Å². The molecule has 1 aliphatic rings. The van der Waals surface area contributed by atoms with Crippen LogP contribution in [0.3, 0.4) is 0 Å². The average Bonchev–Trinajstić information content (AvgIpc) is 3.13. The highest BCUT2D eigenvalue weighted by Gasteiger charge is 2.40. The number of imide groups is 1. The van der Waals surface area contributed by atoms with Crippen molar-refractivity contribution in [3.63, 3.8) is 0 Å². The van der Waals surface area contributed by atoms with Gasteiger partial charge in [0.25, 0.3) is 0 Å². The Hall–Kier alpha value is -3.69. The molecule has 7 nitrogen and oxygen atoms in total. The lowest BCUT2D eigenvalue weighted by Crippen LogP contribution is -2.31. The average molecular weight is 506 g/mol. The molecule has 9 heteroatoms. The van der Waals surface area contributed by atoms with Gasteiger partial charge in [-0.25, -0.2) is 9.69 Å². The van der Waals surface area contributed by atoms with Crippen LogP contribution in [0.15, 0.2) is 83.8 Å². The number of carbonyl (C=O) groups is 3. The van der Waals surface area contributed by atoms with E-state index in [1.165, 1.54) is 16.7 Å². The van der Waals surface area contributed by atoms with Gasteiger partial charge in [-0.2, -0.15) is 0 Å². The molecule has 1 fully saturated rings. The highest BCUT2D eigenvalue weighted by molar-refractivity contribution is 8.00. The molecule has 3 aromatic carbocycles. The van der Waals surface area contributed by atoms with Crippen LogP contribution in [0.1, 0.15) is 23.7 Å². The second kappa shape index (κ2) is 11.2. The number of thiocarbonyl (C=S) groups is 1. The summed E-state index contributed by atoms with van der Waals surface area (Å²) in [5.74, 6) is -0.993. The Labute approximate surface area is 212 Å². The molecule has 1 atom stereocenters. The minimum Gasteiger partial charge on any atom is -0.462 e. The maximum Gasteiger partial charge on any atom is 0.338 e. The van der Waals surface area contributed by atoms with Crippen LogP contribution in [0.5, 0.6) is 0 Å². The molecule has 1 heterocycles. The highest BCUT2D eigenvalue weighted by Crippen LogP contribution is 2.34. The van der Waals surface area contributed by atoms with Gasteiger partial charge in [0.1, 0.15) is 0 Å². The first-order valence-electron chi connectivity index (χ1n) is 11.0. The van der Waals surface area contributed by atoms with Gasteiger partial charge in [0.2, 0.25) is 11.8 Å². The zero-order valence-electron chi connectivity index (χ0n) is 18.9. The SMILES string of the molecule is CCOC(=O)c1ccc(N2C(=O)CC(Sc3ccc(NC(=S)Nc4ccccc4)cc3)C2=O)cc1. The molecule has 0 saturated carbocycles. The van der Waals surface area contributed by atoms with Crippen LogP contribution in [0.25, 0.3) is 0 Å². The van der Waals surface area contributed by atoms with E-state index in [4.69, 9.17) is 17.0 Å². The summed E-state index contributed by atoms with van der Waals surface area (Å²) in [7, 11) is 0. The molecule has 1 unspecified atom stereocenters. The van der Waals surface area contributed by atoms with Gasteiger partial charge in [-0.05, 0) is 79.8 Å². The smallest absolute Gasteiger partial charge is 0.338 e. The quantitative estimate of drug-likeness (QED) is 0.261. The second-order valence-corrected chi connectivity index (χ2v) is 9.30. The van der Waals surface area contributed by atoms with Crippen LogP contribution in [0.4, 0.5) is 17.1 Å². The normalized spacial score (nSPS) is 15.1. The molecule has 0 radical (unpaired) electrons. The minimum absolute atomic E-state index is 0.105. The van der Waals surface area contributed by atoms with Gasteiger partial charge in [0.15, 0.2) is 5.11 Å². The molecule has 2 amide bonds. The Morgan fingerprint density at radius 2 is 1.60 bits per heavy atom. The third-order valence-corrected chi connectivity index (χ3v) is 6.57. The number of para-hydroxylation sites is 1. The number of amides is 2. The van der Waals surface area contributed by atoms with Crippen LogP contribution in [-0.2, 0) is 14.3 Å². The monoisotopic (exact) mass is 505 g/mol. The summed E-state index contributed by atoms with van der Waals surface area (Å²) in [6.07, 6.45) is 0.105. The summed E-state index contributed by atoms with van der Waals surface area (Å²) in [4.78, 5) is 39.5. The largest absolute Gasteiger partial charge is 0.462 e. The lowest BCUT2D eigenvalue weighted by atomic mass is 10.2. The van der Waals surface area contributed by atoms with Crippen molar-refractivity contribution in [2.75, 3.05) is 22.1 Å². The standard InChI is InChI=1S/C26H23N3O4S2/c1-2-33-25(32)17-8-12-20(13-9-17)29-23(30)16-22(24(29)31)35-21-14-10-19(11-15-21)28-26(34)27-18-6-4-3-5-7-18/h3-15,22H,2,16H2,1H3,(H2,27,28,34). The highest BCUT2D eigenvalue weighted by atomic mass is 32.2. The lowest BCUT2D eigenvalue weighted by Gasteiger charge is -2.15. The van der Waals surface area contributed by atoms with Crippen LogP contribution < -0.4 is 15.5 Å². The third kappa shape index (κ3) is 6.06. The molecule has 4 rings (SSSR count). The fraction of sp³-hybridized carbons (Fsp3) is 0.154. The van der Waals surface area contributed by atoms with Crippen LogP contribution in [0.2, 0.25) is 0 Å². The van der Waals surface area contributed by atoms with Crippen LogP contribution >= 0.6 is 24.0 Å². The number of nitrogens with zero attached hydrogens (tertiary/aromatic N) is 1. The Morgan fingerprint density at radius 1 is 0.971 bits per heavy atom. The van der Waals surface area contributed by atoms with E-state index in [-0.39, 0.29) is 24.8 Å². The first kappa shape index (κ1) is 24.4. The van der Waals surface area contributed by atoms with Crippen molar-refractivity contribution in [1.29, 1.82) is 0 Å². The lowest BCUT2D eigenvalue weighted by molar-refractivity contribution is -0.121. The van der Waals surface area contributed by atoms with E-state index in [2.05, 4.69) is 10.6 Å². The summed E-state index contributed by atoms with van der Waals surface area (Å²) < 4.78 is 4.97. The predicted molar refractivity (Wildman–Crippen MR) is 142 cm³/mol. The Kier molecular flexibility index (Phi) is 7.79. The molecule has 1 saturated heterocycles. The first-order valence-corrected chi connectivity index (χ1v) is 12.3. The molecule has 178 valence electrons. The van der Waals surface area contributed by atoms with E-state index in [0.717, 1.165) is 16.3 Å². The molecule has 2 N–H and O–H groups in total. The van der Waals surface area contributed by atoms with Gasteiger partial charge in [0.05, 0.1) is 23.1 Å². The van der Waals surface area contributed by atoms with Crippen molar-refractivity contribution in [2.24, 2.45) is 0 Å². The van der Waals surface area contributed by atoms with E-state index >= 15 is 0 Å². The molecule has 0 aliphatic carbocycles. The molecular formula is C26H23N3O4S2. The molecule has 35 heavy (non-hydrogen) atoms. The summed E-state index contributed by atoms with van der Waals surface area (Å²) in [6.45, 7) is 2.00. The maximum atomic E-state index is 13.0. The summed E-state index contributed by atoms with van der Waals surface area (Å²) in [5, 5.41) is 6.19. The molecule has 0 aromatic heterocycles. The van der Waals surface area contributed by atoms with Crippen LogP contribution in [-0.4, -0.2) is 34.8 Å². The fourth-order valence-electron chi connectivity index (χ4n) is 3.52. The molecule has 0 bridgehead atoms. The molecular weight excluding hydrogens is 482 g/mol. The first-order chi connectivity index (χ1) is 16.9. The van der Waals surface area contributed by atoms with Crippen molar-refractivity contribution in [3.05, 3.63) is 84.4 Å². The fourth-order valence-corrected chi connectivity index (χ4v) is 4.81. The molecule has 0 spiro atoms.